The summed E-state index contributed by atoms with van der Waals surface area (Å²) >= 11 is 11.4. The van der Waals surface area contributed by atoms with Crippen LogP contribution in [0, 0.1) is 5.92 Å². The second-order valence-corrected chi connectivity index (χ2v) is 7.08. The molecule has 18 heavy (non-hydrogen) atoms. The molecule has 2 nitrogen and oxygen atoms in total. The fraction of sp³-hybridized carbons (Fsp3) is 0.462. The van der Waals surface area contributed by atoms with Crippen molar-refractivity contribution in [3.63, 3.8) is 0 Å². The van der Waals surface area contributed by atoms with Gasteiger partial charge in [-0.15, -0.1) is 0 Å². The van der Waals surface area contributed by atoms with Crippen molar-refractivity contribution in [2.24, 2.45) is 10.9 Å². The van der Waals surface area contributed by atoms with E-state index < -0.39 is 0 Å². The first-order chi connectivity index (χ1) is 8.72. The molecule has 0 aromatic heterocycles. The minimum Gasteiger partial charge on any atom is -0.334 e. The monoisotopic (exact) mass is 344 g/mol. The van der Waals surface area contributed by atoms with Gasteiger partial charge in [-0.2, -0.15) is 0 Å². The highest BCUT2D eigenvalue weighted by molar-refractivity contribution is 9.10. The highest BCUT2D eigenvalue weighted by atomic mass is 79.9. The summed E-state index contributed by atoms with van der Waals surface area (Å²) in [5.74, 6) is 1.98. The van der Waals surface area contributed by atoms with Crippen molar-refractivity contribution in [1.82, 2.24) is 0 Å². The SMILES string of the molecule is Clc1cc(Br)ccc1NC1=NC2CCCC2CS1. The summed E-state index contributed by atoms with van der Waals surface area (Å²) in [6.45, 7) is 0. The second kappa shape index (κ2) is 5.43. The molecule has 0 radical (unpaired) electrons. The van der Waals surface area contributed by atoms with E-state index in [0.717, 1.165) is 26.3 Å². The van der Waals surface area contributed by atoms with E-state index in [2.05, 4.69) is 21.2 Å². The Hall–Kier alpha value is -0.190. The van der Waals surface area contributed by atoms with Gasteiger partial charge in [-0.3, -0.25) is 4.99 Å². The number of amidine groups is 1. The molecule has 1 saturated carbocycles. The molecule has 1 N–H and O–H groups in total. The van der Waals surface area contributed by atoms with Crippen LogP contribution in [0.4, 0.5) is 5.69 Å². The van der Waals surface area contributed by atoms with Crippen LogP contribution in [0.25, 0.3) is 0 Å². The number of nitrogens with zero attached hydrogens (tertiary/aromatic N) is 1. The van der Waals surface area contributed by atoms with E-state index in [9.17, 15) is 0 Å². The Bertz CT molecular complexity index is 492. The average Bonchev–Trinajstić information content (AvgIpc) is 2.80. The highest BCUT2D eigenvalue weighted by Gasteiger charge is 2.31. The maximum absolute atomic E-state index is 6.20. The molecule has 1 aromatic rings. The summed E-state index contributed by atoms with van der Waals surface area (Å²) in [6, 6.07) is 6.40. The third kappa shape index (κ3) is 2.70. The molecule has 1 aromatic carbocycles. The van der Waals surface area contributed by atoms with Crippen LogP contribution in [0.1, 0.15) is 19.3 Å². The fourth-order valence-electron chi connectivity index (χ4n) is 2.53. The topological polar surface area (TPSA) is 24.4 Å². The Morgan fingerprint density at radius 3 is 3.11 bits per heavy atom. The standard InChI is InChI=1S/C13H14BrClN2S/c14-9-4-5-12(10(15)6-9)17-13-16-11-3-1-2-8(11)7-18-13/h4-6,8,11H,1-3,7H2,(H,16,17). The molecular formula is C13H14BrClN2S. The van der Waals surface area contributed by atoms with Crippen molar-refractivity contribution in [2.45, 2.75) is 25.3 Å². The van der Waals surface area contributed by atoms with Crippen molar-refractivity contribution < 1.29 is 0 Å². The van der Waals surface area contributed by atoms with E-state index >= 15 is 0 Å². The molecule has 2 atom stereocenters. The van der Waals surface area contributed by atoms with E-state index in [-0.39, 0.29) is 0 Å². The number of hydrogen-bond acceptors (Lipinski definition) is 3. The van der Waals surface area contributed by atoms with Crippen LogP contribution in [-0.4, -0.2) is 17.0 Å². The number of fused-ring (bicyclic) bond motifs is 1. The lowest BCUT2D eigenvalue weighted by Gasteiger charge is -2.23. The zero-order valence-corrected chi connectivity index (χ0v) is 13.0. The molecule has 2 unspecified atom stereocenters. The highest BCUT2D eigenvalue weighted by Crippen LogP contribution is 2.36. The maximum Gasteiger partial charge on any atom is 0.161 e. The van der Waals surface area contributed by atoms with Gasteiger partial charge in [-0.05, 0) is 37.0 Å². The van der Waals surface area contributed by atoms with Crippen LogP contribution in [0.2, 0.25) is 5.02 Å². The summed E-state index contributed by atoms with van der Waals surface area (Å²) in [7, 11) is 0. The quantitative estimate of drug-likeness (QED) is 0.791. The number of aliphatic imine (C=N–C) groups is 1. The van der Waals surface area contributed by atoms with Gasteiger partial charge in [-0.1, -0.05) is 45.7 Å². The maximum atomic E-state index is 6.20. The molecule has 1 aliphatic carbocycles. The predicted molar refractivity (Wildman–Crippen MR) is 83.8 cm³/mol. The number of benzene rings is 1. The second-order valence-electron chi connectivity index (χ2n) is 4.75. The number of rotatable bonds is 1. The molecule has 1 aliphatic heterocycles. The van der Waals surface area contributed by atoms with Crippen LogP contribution in [-0.2, 0) is 0 Å². The van der Waals surface area contributed by atoms with Gasteiger partial charge < -0.3 is 5.32 Å². The molecule has 1 fully saturated rings. The van der Waals surface area contributed by atoms with Gasteiger partial charge >= 0.3 is 0 Å². The molecule has 0 amide bonds. The Kier molecular flexibility index (Phi) is 3.87. The van der Waals surface area contributed by atoms with Crippen LogP contribution in [0.5, 0.6) is 0 Å². The lowest BCUT2D eigenvalue weighted by Crippen LogP contribution is -2.25. The van der Waals surface area contributed by atoms with Crippen molar-refractivity contribution in [2.75, 3.05) is 11.1 Å². The molecule has 1 heterocycles. The van der Waals surface area contributed by atoms with Gasteiger partial charge in [0.25, 0.3) is 0 Å². The first-order valence-corrected chi connectivity index (χ1v) is 8.31. The predicted octanol–water partition coefficient (Wildman–Crippen LogP) is 4.79. The number of thioether (sulfide) groups is 1. The molecule has 0 bridgehead atoms. The smallest absolute Gasteiger partial charge is 0.161 e. The van der Waals surface area contributed by atoms with E-state index in [1.54, 1.807) is 0 Å². The molecule has 5 heteroatoms. The van der Waals surface area contributed by atoms with Crippen molar-refractivity contribution in [3.8, 4) is 0 Å². The number of nitrogens with one attached hydrogen (secondary N) is 1. The van der Waals surface area contributed by atoms with Crippen LogP contribution in [0.15, 0.2) is 27.7 Å². The van der Waals surface area contributed by atoms with Gasteiger partial charge in [0.2, 0.25) is 0 Å². The third-order valence-electron chi connectivity index (χ3n) is 3.51. The van der Waals surface area contributed by atoms with E-state index in [0.29, 0.717) is 6.04 Å². The van der Waals surface area contributed by atoms with Crippen LogP contribution in [0.3, 0.4) is 0 Å². The van der Waals surface area contributed by atoms with Crippen molar-refractivity contribution in [1.29, 1.82) is 0 Å². The van der Waals surface area contributed by atoms with E-state index in [1.165, 1.54) is 25.0 Å². The zero-order valence-electron chi connectivity index (χ0n) is 9.83. The van der Waals surface area contributed by atoms with E-state index in [4.69, 9.17) is 16.6 Å². The van der Waals surface area contributed by atoms with Gasteiger partial charge in [-0.25, -0.2) is 0 Å². The Morgan fingerprint density at radius 1 is 1.39 bits per heavy atom. The lowest BCUT2D eigenvalue weighted by molar-refractivity contribution is 0.535. The Labute approximate surface area is 125 Å². The molecule has 2 aliphatic rings. The normalized spacial score (nSPS) is 26.7. The Morgan fingerprint density at radius 2 is 2.28 bits per heavy atom. The largest absolute Gasteiger partial charge is 0.334 e. The number of anilines is 1. The molecule has 96 valence electrons. The molecular weight excluding hydrogens is 332 g/mol. The average molecular weight is 346 g/mol. The van der Waals surface area contributed by atoms with Crippen LogP contribution >= 0.6 is 39.3 Å². The summed E-state index contributed by atoms with van der Waals surface area (Å²) < 4.78 is 0.993. The number of hydrogen-bond donors (Lipinski definition) is 1. The van der Waals surface area contributed by atoms with Gasteiger partial charge in [0.15, 0.2) is 5.17 Å². The molecule has 0 spiro atoms. The van der Waals surface area contributed by atoms with Gasteiger partial charge in [0, 0.05) is 10.2 Å². The molecule has 0 saturated heterocycles. The minimum absolute atomic E-state index is 0.531. The van der Waals surface area contributed by atoms with Crippen LogP contribution < -0.4 is 5.32 Å². The first kappa shape index (κ1) is 12.8. The third-order valence-corrected chi connectivity index (χ3v) is 5.39. The molecule has 3 rings (SSSR count). The lowest BCUT2D eigenvalue weighted by atomic mass is 10.1. The van der Waals surface area contributed by atoms with Crippen molar-refractivity contribution >= 4 is 50.1 Å². The number of halogens is 2. The summed E-state index contributed by atoms with van der Waals surface area (Å²) in [5, 5.41) is 5.09. The zero-order chi connectivity index (χ0) is 12.5. The Balaban J connectivity index is 1.76. The summed E-state index contributed by atoms with van der Waals surface area (Å²) in [4.78, 5) is 4.80. The van der Waals surface area contributed by atoms with Crippen molar-refractivity contribution in [3.05, 3.63) is 27.7 Å². The minimum atomic E-state index is 0.531. The van der Waals surface area contributed by atoms with Gasteiger partial charge in [0.05, 0.1) is 16.8 Å². The summed E-state index contributed by atoms with van der Waals surface area (Å²) in [5.41, 5.74) is 0.933. The summed E-state index contributed by atoms with van der Waals surface area (Å²) in [6.07, 6.45) is 3.91. The first-order valence-electron chi connectivity index (χ1n) is 6.15. The van der Waals surface area contributed by atoms with E-state index in [1.807, 2.05) is 30.0 Å². The fourth-order valence-corrected chi connectivity index (χ4v) is 4.40. The van der Waals surface area contributed by atoms with Gasteiger partial charge in [0.1, 0.15) is 0 Å².